The molecule has 1 aliphatic heterocycles. The summed E-state index contributed by atoms with van der Waals surface area (Å²) in [6.07, 6.45) is 3.54. The molecular formula is C32H30ClN5O6. The second kappa shape index (κ2) is 13.3. The molecule has 11 nitrogen and oxygen atoms in total. The first-order chi connectivity index (χ1) is 21.3. The molecule has 5 rings (SSSR count). The molecule has 0 fully saturated rings. The lowest BCUT2D eigenvalue weighted by Crippen LogP contribution is -2.45. The summed E-state index contributed by atoms with van der Waals surface area (Å²) >= 11 is 6.38. The fourth-order valence-corrected chi connectivity index (χ4v) is 5.17. The molecule has 1 aliphatic rings. The summed E-state index contributed by atoms with van der Waals surface area (Å²) in [7, 11) is 2.71. The number of halogens is 1. The van der Waals surface area contributed by atoms with Gasteiger partial charge in [-0.15, -0.1) is 0 Å². The van der Waals surface area contributed by atoms with E-state index in [4.69, 9.17) is 25.8 Å². The Morgan fingerprint density at radius 3 is 2.61 bits per heavy atom. The Kier molecular flexibility index (Phi) is 9.15. The van der Waals surface area contributed by atoms with Gasteiger partial charge < -0.3 is 29.4 Å². The summed E-state index contributed by atoms with van der Waals surface area (Å²) in [4.78, 5) is 37.1. The van der Waals surface area contributed by atoms with Crippen LogP contribution in [0.5, 0.6) is 11.5 Å². The van der Waals surface area contributed by atoms with Crippen LogP contribution in [0.15, 0.2) is 89.3 Å². The summed E-state index contributed by atoms with van der Waals surface area (Å²) in [6, 6.07) is 19.2. The quantitative estimate of drug-likeness (QED) is 0.135. The lowest BCUT2D eigenvalue weighted by molar-refractivity contribution is -0.136. The minimum Gasteiger partial charge on any atom is -0.493 e. The Bertz CT molecular complexity index is 1800. The van der Waals surface area contributed by atoms with Gasteiger partial charge in [-0.3, -0.25) is 4.79 Å². The Labute approximate surface area is 258 Å². The smallest absolute Gasteiger partial charge is 0.337 e. The average molecular weight is 616 g/mol. The number of aromatic nitrogens is 1. The number of hydrazone groups is 1. The molecule has 3 aromatic carbocycles. The molecule has 1 aromatic heterocycles. The zero-order valence-corrected chi connectivity index (χ0v) is 25.0. The molecule has 0 bridgehead atoms. The van der Waals surface area contributed by atoms with Crippen molar-refractivity contribution in [3.8, 4) is 11.5 Å². The highest BCUT2D eigenvalue weighted by Gasteiger charge is 2.32. The van der Waals surface area contributed by atoms with Crippen molar-refractivity contribution in [3.63, 3.8) is 0 Å². The zero-order chi connectivity index (χ0) is 31.2. The van der Waals surface area contributed by atoms with Gasteiger partial charge in [-0.25, -0.2) is 15.0 Å². The Balaban J connectivity index is 1.25. The van der Waals surface area contributed by atoms with Crippen LogP contribution >= 0.6 is 11.6 Å². The molecule has 0 aliphatic carbocycles. The van der Waals surface area contributed by atoms with E-state index in [0.717, 1.165) is 22.0 Å². The summed E-state index contributed by atoms with van der Waals surface area (Å²) in [5, 5.41) is 11.1. The van der Waals surface area contributed by atoms with Crippen molar-refractivity contribution in [1.29, 1.82) is 0 Å². The van der Waals surface area contributed by atoms with Crippen LogP contribution in [0, 0.1) is 0 Å². The van der Waals surface area contributed by atoms with Crippen LogP contribution < -0.4 is 25.5 Å². The van der Waals surface area contributed by atoms with Crippen molar-refractivity contribution in [2.75, 3.05) is 20.8 Å². The fourth-order valence-electron chi connectivity index (χ4n) is 4.98. The van der Waals surface area contributed by atoms with Gasteiger partial charge in [0.15, 0.2) is 18.1 Å². The summed E-state index contributed by atoms with van der Waals surface area (Å²) in [6.45, 7) is 1.86. The molecule has 4 aromatic rings. The zero-order valence-electron chi connectivity index (χ0n) is 24.2. The van der Waals surface area contributed by atoms with E-state index in [9.17, 15) is 14.4 Å². The van der Waals surface area contributed by atoms with Crippen LogP contribution in [0.4, 0.5) is 4.79 Å². The van der Waals surface area contributed by atoms with Crippen LogP contribution in [-0.4, -0.2) is 49.5 Å². The van der Waals surface area contributed by atoms with E-state index in [1.807, 2.05) is 54.7 Å². The van der Waals surface area contributed by atoms with Crippen molar-refractivity contribution in [2.45, 2.75) is 19.5 Å². The maximum Gasteiger partial charge on any atom is 0.337 e. The molecule has 1 atom stereocenters. The molecular weight excluding hydrogens is 586 g/mol. The molecule has 0 radical (unpaired) electrons. The number of carbonyl (C=O) groups excluding carboxylic acids is 3. The van der Waals surface area contributed by atoms with E-state index in [1.54, 1.807) is 31.3 Å². The Morgan fingerprint density at radius 1 is 1.07 bits per heavy atom. The van der Waals surface area contributed by atoms with Crippen molar-refractivity contribution < 1.29 is 28.6 Å². The van der Waals surface area contributed by atoms with E-state index in [1.165, 1.54) is 14.2 Å². The molecule has 0 unspecified atom stereocenters. The third-order valence-electron chi connectivity index (χ3n) is 7.07. The largest absolute Gasteiger partial charge is 0.493 e. The lowest BCUT2D eigenvalue weighted by atomic mass is 9.95. The normalized spacial score (nSPS) is 14.7. The highest BCUT2D eigenvalue weighted by molar-refractivity contribution is 6.31. The number of amides is 3. The van der Waals surface area contributed by atoms with Crippen molar-refractivity contribution in [3.05, 3.63) is 106 Å². The van der Waals surface area contributed by atoms with Gasteiger partial charge >= 0.3 is 12.0 Å². The molecule has 0 spiro atoms. The van der Waals surface area contributed by atoms with E-state index in [-0.39, 0.29) is 12.2 Å². The minimum atomic E-state index is -0.771. The van der Waals surface area contributed by atoms with Crippen LogP contribution in [0.25, 0.3) is 10.9 Å². The number of nitrogens with one attached hydrogen (secondary N) is 3. The molecule has 2 heterocycles. The number of hydrogen-bond donors (Lipinski definition) is 3. The van der Waals surface area contributed by atoms with Gasteiger partial charge in [-0.1, -0.05) is 54.1 Å². The number of para-hydroxylation sites is 1. The average Bonchev–Trinajstić information content (AvgIpc) is 3.37. The fraction of sp³-hybridized carbons (Fsp3) is 0.188. The number of nitrogens with zero attached hydrogens (tertiary/aromatic N) is 2. The van der Waals surface area contributed by atoms with Crippen LogP contribution in [-0.2, 0) is 20.9 Å². The predicted molar refractivity (Wildman–Crippen MR) is 166 cm³/mol. The number of methoxy groups -OCH3 is 2. The second-order valence-corrected chi connectivity index (χ2v) is 10.3. The van der Waals surface area contributed by atoms with Gasteiger partial charge in [0.2, 0.25) is 0 Å². The number of hydrogen-bond acceptors (Lipinski definition) is 7. The van der Waals surface area contributed by atoms with E-state index in [0.29, 0.717) is 34.3 Å². The SMILES string of the molecule is COC(=O)C1=C(C)NC(=O)N[C@H]1c1ccc(OCC(=O)N/N=C\c2cn(Cc3ccccc3Cl)c3ccccc23)c(OC)c1. The Hall–Kier alpha value is -5.29. The molecule has 44 heavy (non-hydrogen) atoms. The third kappa shape index (κ3) is 6.52. The predicted octanol–water partition coefficient (Wildman–Crippen LogP) is 4.68. The number of ether oxygens (including phenoxy) is 3. The van der Waals surface area contributed by atoms with Gasteiger partial charge in [0.1, 0.15) is 0 Å². The van der Waals surface area contributed by atoms with E-state index >= 15 is 0 Å². The maximum atomic E-state index is 12.6. The van der Waals surface area contributed by atoms with Gasteiger partial charge in [0.05, 0.1) is 32.0 Å². The van der Waals surface area contributed by atoms with Crippen molar-refractivity contribution in [1.82, 2.24) is 20.6 Å². The maximum absolute atomic E-state index is 12.6. The molecule has 0 saturated heterocycles. The van der Waals surface area contributed by atoms with Gasteiger partial charge in [-0.05, 0) is 42.3 Å². The standard InChI is InChI=1S/C32H30ClN5O6/c1-19-29(31(40)43-3)30(36-32(41)35-19)20-12-13-26(27(14-20)42-2)44-18-28(39)37-34-15-22-17-38(25-11-7-5-9-23(22)25)16-21-8-4-6-10-24(21)33/h4-15,17,30H,16,18H2,1-3H3,(H,37,39)(H2,35,36,41)/b34-15-/t30-/m0/s1. The monoisotopic (exact) mass is 615 g/mol. The molecule has 3 amide bonds. The van der Waals surface area contributed by atoms with Gasteiger partial charge in [-0.2, -0.15) is 5.10 Å². The number of fused-ring (bicyclic) bond motifs is 1. The summed E-state index contributed by atoms with van der Waals surface area (Å²) in [5.41, 5.74) is 6.51. The van der Waals surface area contributed by atoms with Crippen LogP contribution in [0.1, 0.15) is 29.7 Å². The first kappa shape index (κ1) is 30.2. The number of rotatable bonds is 10. The highest BCUT2D eigenvalue weighted by Crippen LogP contribution is 2.34. The molecule has 12 heteroatoms. The van der Waals surface area contributed by atoms with Crippen molar-refractivity contribution >= 4 is 46.6 Å². The number of carbonyl (C=O) groups is 3. The number of esters is 1. The Morgan fingerprint density at radius 2 is 1.84 bits per heavy atom. The molecule has 0 saturated carbocycles. The highest BCUT2D eigenvalue weighted by atomic mass is 35.5. The topological polar surface area (TPSA) is 132 Å². The molecule has 3 N–H and O–H groups in total. The number of allylic oxidation sites excluding steroid dienone is 1. The molecule has 226 valence electrons. The van der Waals surface area contributed by atoms with Crippen molar-refractivity contribution in [2.24, 2.45) is 5.10 Å². The number of urea groups is 1. The van der Waals surface area contributed by atoms with E-state index < -0.39 is 23.9 Å². The minimum absolute atomic E-state index is 0.257. The number of benzene rings is 3. The summed E-state index contributed by atoms with van der Waals surface area (Å²) < 4.78 is 18.1. The van der Waals surface area contributed by atoms with Gasteiger partial charge in [0, 0.05) is 39.9 Å². The van der Waals surface area contributed by atoms with E-state index in [2.05, 4.69) is 25.7 Å². The second-order valence-electron chi connectivity index (χ2n) is 9.87. The lowest BCUT2D eigenvalue weighted by Gasteiger charge is -2.28. The van der Waals surface area contributed by atoms with Gasteiger partial charge in [0.25, 0.3) is 5.91 Å². The summed E-state index contributed by atoms with van der Waals surface area (Å²) in [5.74, 6) is -0.468. The first-order valence-corrected chi connectivity index (χ1v) is 14.0. The first-order valence-electron chi connectivity index (χ1n) is 13.6. The van der Waals surface area contributed by atoms with Crippen LogP contribution in [0.2, 0.25) is 5.02 Å². The third-order valence-corrected chi connectivity index (χ3v) is 7.43. The van der Waals surface area contributed by atoms with Crippen LogP contribution in [0.3, 0.4) is 0 Å².